The van der Waals surface area contributed by atoms with E-state index in [0.29, 0.717) is 18.0 Å². The number of nitrogens with zero attached hydrogens (tertiary/aromatic N) is 1. The Morgan fingerprint density at radius 1 is 1.26 bits per heavy atom. The van der Waals surface area contributed by atoms with E-state index in [1.54, 1.807) is 0 Å². The fraction of sp³-hybridized carbons (Fsp3) is 0.562. The largest absolute Gasteiger partial charge is 0.310 e. The first-order valence-electron chi connectivity index (χ1n) is 7.17. The zero-order valence-electron chi connectivity index (χ0n) is 11.0. The van der Waals surface area contributed by atoms with Crippen LogP contribution in [0.15, 0.2) is 28.7 Å². The lowest BCUT2D eigenvalue weighted by Gasteiger charge is -2.38. The molecule has 2 atom stereocenters. The van der Waals surface area contributed by atoms with Crippen molar-refractivity contribution in [2.75, 3.05) is 0 Å². The molecule has 1 N–H and O–H groups in total. The Morgan fingerprint density at radius 3 is 2.84 bits per heavy atom. The maximum Gasteiger partial charge on any atom is 0.0672 e. The molecule has 0 heterocycles. The first-order valence-corrected chi connectivity index (χ1v) is 7.96. The van der Waals surface area contributed by atoms with Gasteiger partial charge in [-0.3, -0.25) is 0 Å². The molecule has 3 heteroatoms. The van der Waals surface area contributed by atoms with Gasteiger partial charge in [0.2, 0.25) is 0 Å². The highest BCUT2D eigenvalue weighted by atomic mass is 79.9. The lowest BCUT2D eigenvalue weighted by Crippen LogP contribution is -2.46. The molecule has 0 bridgehead atoms. The highest BCUT2D eigenvalue weighted by molar-refractivity contribution is 9.10. The van der Waals surface area contributed by atoms with Crippen molar-refractivity contribution in [1.82, 2.24) is 5.32 Å². The summed E-state index contributed by atoms with van der Waals surface area (Å²) in [5, 5.41) is 12.8. The van der Waals surface area contributed by atoms with Crippen molar-refractivity contribution >= 4 is 15.9 Å². The molecule has 2 unspecified atom stereocenters. The number of nitriles is 1. The van der Waals surface area contributed by atoms with Gasteiger partial charge in [0.15, 0.2) is 0 Å². The molecule has 0 amide bonds. The molecule has 1 aromatic rings. The number of nitrogens with one attached hydrogen (secondary N) is 1. The van der Waals surface area contributed by atoms with Crippen LogP contribution in [0.25, 0.3) is 0 Å². The third-order valence-electron chi connectivity index (χ3n) is 4.59. The zero-order valence-corrected chi connectivity index (χ0v) is 12.6. The average molecular weight is 319 g/mol. The lowest BCUT2D eigenvalue weighted by molar-refractivity contribution is 0.254. The zero-order chi connectivity index (χ0) is 13.2. The number of hydrogen-bond acceptors (Lipinski definition) is 2. The Balaban J connectivity index is 1.52. The van der Waals surface area contributed by atoms with Gasteiger partial charge in [0, 0.05) is 16.6 Å². The molecule has 0 aromatic heterocycles. The molecule has 2 aliphatic carbocycles. The minimum atomic E-state index is 0.241. The summed E-state index contributed by atoms with van der Waals surface area (Å²) < 4.78 is 1.17. The molecule has 19 heavy (non-hydrogen) atoms. The van der Waals surface area contributed by atoms with Crippen molar-refractivity contribution in [2.24, 2.45) is 5.92 Å². The molecule has 2 nitrogen and oxygen atoms in total. The van der Waals surface area contributed by atoms with Crippen molar-refractivity contribution in [3.63, 3.8) is 0 Å². The van der Waals surface area contributed by atoms with Crippen LogP contribution in [0, 0.1) is 17.2 Å². The van der Waals surface area contributed by atoms with Crippen LogP contribution in [-0.2, 0) is 0 Å². The summed E-state index contributed by atoms with van der Waals surface area (Å²) in [5.74, 6) is 0.932. The molecule has 3 rings (SSSR count). The van der Waals surface area contributed by atoms with Crippen LogP contribution in [0.3, 0.4) is 0 Å². The first-order chi connectivity index (χ1) is 9.26. The summed E-state index contributed by atoms with van der Waals surface area (Å²) in [6, 6.07) is 12.1. The Hall–Kier alpha value is -0.850. The maximum atomic E-state index is 9.11. The lowest BCUT2D eigenvalue weighted by atomic mass is 9.75. The minimum Gasteiger partial charge on any atom is -0.310 e. The van der Waals surface area contributed by atoms with Gasteiger partial charge in [0.05, 0.1) is 12.0 Å². The van der Waals surface area contributed by atoms with Crippen molar-refractivity contribution in [2.45, 2.75) is 50.1 Å². The Labute approximate surface area is 123 Å². The first kappa shape index (κ1) is 13.1. The van der Waals surface area contributed by atoms with Crippen molar-refractivity contribution in [1.29, 1.82) is 5.26 Å². The Morgan fingerprint density at radius 2 is 2.11 bits per heavy atom. The predicted molar refractivity (Wildman–Crippen MR) is 79.8 cm³/mol. The van der Waals surface area contributed by atoms with E-state index in [1.165, 1.54) is 35.7 Å². The molecule has 0 saturated heterocycles. The molecule has 100 valence electrons. The fourth-order valence-electron chi connectivity index (χ4n) is 3.40. The number of hydrogen-bond donors (Lipinski definition) is 1. The van der Waals surface area contributed by atoms with Crippen LogP contribution < -0.4 is 5.32 Å². The molecule has 2 aliphatic rings. The van der Waals surface area contributed by atoms with Gasteiger partial charge in [0.1, 0.15) is 0 Å². The monoisotopic (exact) mass is 318 g/mol. The van der Waals surface area contributed by atoms with E-state index in [-0.39, 0.29) is 5.92 Å². The Kier molecular flexibility index (Phi) is 3.91. The summed E-state index contributed by atoms with van der Waals surface area (Å²) in [4.78, 5) is 0. The number of rotatable bonds is 3. The van der Waals surface area contributed by atoms with E-state index >= 15 is 0 Å². The van der Waals surface area contributed by atoms with Crippen LogP contribution in [-0.4, -0.2) is 12.1 Å². The van der Waals surface area contributed by atoms with Crippen LogP contribution in [0.1, 0.15) is 43.6 Å². The van der Waals surface area contributed by atoms with Gasteiger partial charge in [-0.1, -0.05) is 34.5 Å². The molecule has 0 radical (unpaired) electrons. The van der Waals surface area contributed by atoms with E-state index in [9.17, 15) is 0 Å². The second-order valence-electron chi connectivity index (χ2n) is 5.86. The van der Waals surface area contributed by atoms with Crippen molar-refractivity contribution in [3.05, 3.63) is 34.3 Å². The van der Waals surface area contributed by atoms with Crippen molar-refractivity contribution in [3.8, 4) is 6.07 Å². The molecule has 0 aliphatic heterocycles. The minimum absolute atomic E-state index is 0.241. The smallest absolute Gasteiger partial charge is 0.0672 e. The molecule has 2 saturated carbocycles. The van der Waals surface area contributed by atoms with E-state index < -0.39 is 0 Å². The highest BCUT2D eigenvalue weighted by Crippen LogP contribution is 2.39. The maximum absolute atomic E-state index is 9.11. The van der Waals surface area contributed by atoms with Gasteiger partial charge in [-0.15, -0.1) is 0 Å². The summed E-state index contributed by atoms with van der Waals surface area (Å²) in [6.45, 7) is 0. The van der Waals surface area contributed by atoms with Crippen LogP contribution >= 0.6 is 15.9 Å². The number of benzene rings is 1. The number of halogens is 1. The summed E-state index contributed by atoms with van der Waals surface area (Å²) in [5.41, 5.74) is 1.44. The van der Waals surface area contributed by atoms with Crippen molar-refractivity contribution < 1.29 is 0 Å². The highest BCUT2D eigenvalue weighted by Gasteiger charge is 2.35. The van der Waals surface area contributed by atoms with E-state index in [1.807, 2.05) is 0 Å². The summed E-state index contributed by atoms with van der Waals surface area (Å²) in [7, 11) is 0. The molecule has 0 spiro atoms. The van der Waals surface area contributed by atoms with Crippen LogP contribution in [0.2, 0.25) is 0 Å². The third kappa shape index (κ3) is 2.85. The SMILES string of the molecule is N#CC1CCCC1NC1CC(c2cccc(Br)c2)C1. The standard InChI is InChI=1S/C16H19BrN2/c17-14-5-1-3-11(7-14)13-8-15(9-13)19-16-6-2-4-12(16)10-18/h1,3,5,7,12-13,15-16,19H,2,4,6,8-9H2. The van der Waals surface area contributed by atoms with Crippen LogP contribution in [0.4, 0.5) is 0 Å². The third-order valence-corrected chi connectivity index (χ3v) is 5.08. The quantitative estimate of drug-likeness (QED) is 0.915. The van der Waals surface area contributed by atoms with Gasteiger partial charge in [0.25, 0.3) is 0 Å². The second-order valence-corrected chi connectivity index (χ2v) is 6.78. The average Bonchev–Trinajstić information content (AvgIpc) is 2.80. The normalized spacial score (nSPS) is 33.7. The molecular formula is C16H19BrN2. The second kappa shape index (κ2) is 5.64. The van der Waals surface area contributed by atoms with Gasteiger partial charge in [-0.05, 0) is 49.3 Å². The van der Waals surface area contributed by atoms with Crippen LogP contribution in [0.5, 0.6) is 0 Å². The fourth-order valence-corrected chi connectivity index (χ4v) is 3.82. The molecule has 2 fully saturated rings. The van der Waals surface area contributed by atoms with Gasteiger partial charge in [-0.25, -0.2) is 0 Å². The summed E-state index contributed by atoms with van der Waals surface area (Å²) in [6.07, 6.45) is 5.89. The van der Waals surface area contributed by atoms with E-state index in [4.69, 9.17) is 5.26 Å². The molecule has 1 aromatic carbocycles. The van der Waals surface area contributed by atoms with Gasteiger partial charge in [-0.2, -0.15) is 5.26 Å². The van der Waals surface area contributed by atoms with Gasteiger partial charge < -0.3 is 5.32 Å². The van der Waals surface area contributed by atoms with E-state index in [0.717, 1.165) is 6.42 Å². The topological polar surface area (TPSA) is 35.8 Å². The van der Waals surface area contributed by atoms with E-state index in [2.05, 4.69) is 51.6 Å². The Bertz CT molecular complexity index is 488. The predicted octanol–water partition coefficient (Wildman–Crippen LogP) is 3.98. The molecular weight excluding hydrogens is 300 g/mol. The van der Waals surface area contributed by atoms with Gasteiger partial charge >= 0.3 is 0 Å². The summed E-state index contributed by atoms with van der Waals surface area (Å²) >= 11 is 3.54.